The molecule has 0 aliphatic heterocycles. The first-order chi connectivity index (χ1) is 8.33. The molecule has 1 aliphatic rings. The summed E-state index contributed by atoms with van der Waals surface area (Å²) in [7, 11) is 0. The minimum absolute atomic E-state index is 0.436. The maximum atomic E-state index is 6.00. The lowest BCUT2D eigenvalue weighted by Crippen LogP contribution is -2.18. The van der Waals surface area contributed by atoms with Gasteiger partial charge in [-0.25, -0.2) is 4.98 Å². The van der Waals surface area contributed by atoms with Crippen molar-refractivity contribution >= 4 is 11.6 Å². The highest BCUT2D eigenvalue weighted by Gasteiger charge is 2.21. The number of nitrogens with one attached hydrogen (secondary N) is 2. The molecule has 1 aromatic heterocycles. The molecule has 1 unspecified atom stereocenters. The van der Waals surface area contributed by atoms with Crippen LogP contribution in [-0.2, 0) is 13.0 Å². The fourth-order valence-electron chi connectivity index (χ4n) is 2.41. The highest BCUT2D eigenvalue weighted by atomic mass is 35.5. The Labute approximate surface area is 105 Å². The third-order valence-corrected chi connectivity index (χ3v) is 3.51. The number of aryl methyl sites for hydroxylation is 1. The Hall–Kier alpha value is -1.32. The number of rotatable bonds is 3. The summed E-state index contributed by atoms with van der Waals surface area (Å²) in [5.41, 5.74) is 3.88. The van der Waals surface area contributed by atoms with Gasteiger partial charge in [-0.05, 0) is 36.1 Å². The van der Waals surface area contributed by atoms with Crippen molar-refractivity contribution in [1.29, 1.82) is 0 Å². The van der Waals surface area contributed by atoms with Crippen LogP contribution in [0.5, 0.6) is 0 Å². The lowest BCUT2D eigenvalue weighted by atomic mass is 10.1. The lowest BCUT2D eigenvalue weighted by Gasteiger charge is -2.13. The fraction of sp³-hybridized carbons (Fsp3) is 0.308. The normalized spacial score (nSPS) is 18.3. The molecule has 1 heterocycles. The summed E-state index contributed by atoms with van der Waals surface area (Å²) in [6.07, 6.45) is 5.81. The van der Waals surface area contributed by atoms with Crippen LogP contribution in [-0.4, -0.2) is 9.97 Å². The Morgan fingerprint density at radius 1 is 1.47 bits per heavy atom. The van der Waals surface area contributed by atoms with Gasteiger partial charge in [0, 0.05) is 29.5 Å². The number of aromatic amines is 1. The van der Waals surface area contributed by atoms with Crippen molar-refractivity contribution in [3.05, 3.63) is 52.6 Å². The number of nitrogens with zero attached hydrogens (tertiary/aromatic N) is 1. The minimum Gasteiger partial charge on any atom is -0.347 e. The largest absolute Gasteiger partial charge is 0.347 e. The zero-order valence-electron chi connectivity index (χ0n) is 9.41. The number of halogens is 1. The average Bonchev–Trinajstić information content (AvgIpc) is 2.94. The fourth-order valence-corrected chi connectivity index (χ4v) is 2.61. The van der Waals surface area contributed by atoms with Gasteiger partial charge in [0.2, 0.25) is 0 Å². The summed E-state index contributed by atoms with van der Waals surface area (Å²) < 4.78 is 0. The second kappa shape index (κ2) is 4.51. The molecule has 4 heteroatoms. The summed E-state index contributed by atoms with van der Waals surface area (Å²) in [5, 5.41) is 4.38. The van der Waals surface area contributed by atoms with E-state index in [4.69, 9.17) is 11.6 Å². The van der Waals surface area contributed by atoms with Crippen LogP contribution >= 0.6 is 11.6 Å². The van der Waals surface area contributed by atoms with Gasteiger partial charge in [-0.15, -0.1) is 0 Å². The molecule has 0 saturated carbocycles. The van der Waals surface area contributed by atoms with E-state index in [0.29, 0.717) is 6.04 Å². The summed E-state index contributed by atoms with van der Waals surface area (Å²) >= 11 is 6.00. The Morgan fingerprint density at radius 3 is 3.24 bits per heavy atom. The number of imidazole rings is 1. The Balaban J connectivity index is 1.71. The van der Waals surface area contributed by atoms with E-state index in [0.717, 1.165) is 30.1 Å². The van der Waals surface area contributed by atoms with Gasteiger partial charge in [0.15, 0.2) is 0 Å². The van der Waals surface area contributed by atoms with E-state index in [-0.39, 0.29) is 0 Å². The Kier molecular flexibility index (Phi) is 2.87. The van der Waals surface area contributed by atoms with Gasteiger partial charge < -0.3 is 10.3 Å². The van der Waals surface area contributed by atoms with Gasteiger partial charge in [-0.1, -0.05) is 17.7 Å². The van der Waals surface area contributed by atoms with Crippen LogP contribution in [0.3, 0.4) is 0 Å². The maximum Gasteiger partial charge on any atom is 0.0922 e. The number of fused-ring (bicyclic) bond motifs is 1. The molecule has 1 aromatic carbocycles. The van der Waals surface area contributed by atoms with Crippen molar-refractivity contribution in [3.8, 4) is 0 Å². The molecule has 0 amide bonds. The molecule has 3 rings (SSSR count). The van der Waals surface area contributed by atoms with Crippen molar-refractivity contribution in [2.24, 2.45) is 0 Å². The van der Waals surface area contributed by atoms with Crippen molar-refractivity contribution in [2.75, 3.05) is 0 Å². The quantitative estimate of drug-likeness (QED) is 0.876. The Bertz CT molecular complexity index is 507. The van der Waals surface area contributed by atoms with Crippen molar-refractivity contribution in [2.45, 2.75) is 25.4 Å². The smallest absolute Gasteiger partial charge is 0.0922 e. The number of benzene rings is 1. The molecule has 1 aliphatic carbocycles. The molecule has 0 fully saturated rings. The van der Waals surface area contributed by atoms with Crippen LogP contribution < -0.4 is 5.32 Å². The van der Waals surface area contributed by atoms with Gasteiger partial charge in [-0.3, -0.25) is 0 Å². The SMILES string of the molecule is Clc1ccc2c(c1)CCC2NCc1cnc[nH]1. The summed E-state index contributed by atoms with van der Waals surface area (Å²) in [6, 6.07) is 6.62. The van der Waals surface area contributed by atoms with E-state index < -0.39 is 0 Å². The van der Waals surface area contributed by atoms with Gasteiger partial charge >= 0.3 is 0 Å². The molecule has 0 saturated heterocycles. The van der Waals surface area contributed by atoms with Crippen LogP contribution in [0.2, 0.25) is 5.02 Å². The van der Waals surface area contributed by atoms with E-state index in [1.165, 1.54) is 11.1 Å². The molecule has 88 valence electrons. The molecular weight excluding hydrogens is 234 g/mol. The lowest BCUT2D eigenvalue weighted by molar-refractivity contribution is 0.526. The molecule has 1 atom stereocenters. The van der Waals surface area contributed by atoms with Crippen LogP contribution in [0.1, 0.15) is 29.3 Å². The van der Waals surface area contributed by atoms with Crippen LogP contribution in [0.25, 0.3) is 0 Å². The third-order valence-electron chi connectivity index (χ3n) is 3.28. The molecular formula is C13H14ClN3. The first kappa shape index (κ1) is 10.8. The highest BCUT2D eigenvalue weighted by Crippen LogP contribution is 2.32. The van der Waals surface area contributed by atoms with Gasteiger partial charge in [0.1, 0.15) is 0 Å². The van der Waals surface area contributed by atoms with E-state index in [2.05, 4.69) is 27.4 Å². The number of hydrogen-bond donors (Lipinski definition) is 2. The summed E-state index contributed by atoms with van der Waals surface area (Å²) in [5.74, 6) is 0. The summed E-state index contributed by atoms with van der Waals surface area (Å²) in [6.45, 7) is 0.826. The zero-order valence-corrected chi connectivity index (χ0v) is 10.2. The van der Waals surface area contributed by atoms with Crippen molar-refractivity contribution in [1.82, 2.24) is 15.3 Å². The van der Waals surface area contributed by atoms with Gasteiger partial charge in [-0.2, -0.15) is 0 Å². The standard InChI is InChI=1S/C13H14ClN3/c14-10-2-3-12-9(5-10)1-4-13(12)16-7-11-6-15-8-17-11/h2-3,5-6,8,13,16H,1,4,7H2,(H,15,17). The molecule has 17 heavy (non-hydrogen) atoms. The predicted octanol–water partition coefficient (Wildman–Crippen LogP) is 2.84. The highest BCUT2D eigenvalue weighted by molar-refractivity contribution is 6.30. The Morgan fingerprint density at radius 2 is 2.41 bits per heavy atom. The molecule has 2 N–H and O–H groups in total. The molecule has 2 aromatic rings. The van der Waals surface area contributed by atoms with Crippen molar-refractivity contribution in [3.63, 3.8) is 0 Å². The van der Waals surface area contributed by atoms with Crippen LogP contribution in [0, 0.1) is 0 Å². The monoisotopic (exact) mass is 247 g/mol. The van der Waals surface area contributed by atoms with Crippen LogP contribution in [0.4, 0.5) is 0 Å². The van der Waals surface area contributed by atoms with E-state index in [1.54, 1.807) is 6.33 Å². The van der Waals surface area contributed by atoms with E-state index in [9.17, 15) is 0 Å². The minimum atomic E-state index is 0.436. The third kappa shape index (κ3) is 2.21. The molecule has 3 nitrogen and oxygen atoms in total. The second-order valence-electron chi connectivity index (χ2n) is 4.39. The van der Waals surface area contributed by atoms with E-state index >= 15 is 0 Å². The van der Waals surface area contributed by atoms with Crippen molar-refractivity contribution < 1.29 is 0 Å². The van der Waals surface area contributed by atoms with E-state index in [1.807, 2.05) is 12.3 Å². The molecule has 0 spiro atoms. The van der Waals surface area contributed by atoms with Gasteiger partial charge in [0.05, 0.1) is 6.33 Å². The number of aromatic nitrogens is 2. The number of H-pyrrole nitrogens is 1. The molecule has 0 bridgehead atoms. The van der Waals surface area contributed by atoms with Crippen LogP contribution in [0.15, 0.2) is 30.7 Å². The topological polar surface area (TPSA) is 40.7 Å². The second-order valence-corrected chi connectivity index (χ2v) is 4.83. The number of hydrogen-bond acceptors (Lipinski definition) is 2. The average molecular weight is 248 g/mol. The molecule has 0 radical (unpaired) electrons. The van der Waals surface area contributed by atoms with Gasteiger partial charge in [0.25, 0.3) is 0 Å². The first-order valence-electron chi connectivity index (χ1n) is 5.82. The first-order valence-corrected chi connectivity index (χ1v) is 6.19. The predicted molar refractivity (Wildman–Crippen MR) is 67.9 cm³/mol. The maximum absolute atomic E-state index is 6.00. The summed E-state index contributed by atoms with van der Waals surface area (Å²) in [4.78, 5) is 7.11. The zero-order chi connectivity index (χ0) is 11.7.